The van der Waals surface area contributed by atoms with Crippen LogP contribution in [0.5, 0.6) is 0 Å². The van der Waals surface area contributed by atoms with Gasteiger partial charge in [0.15, 0.2) is 0 Å². The van der Waals surface area contributed by atoms with Crippen molar-refractivity contribution in [1.82, 2.24) is 20.2 Å². The van der Waals surface area contributed by atoms with E-state index in [1.165, 1.54) is 23.1 Å². The summed E-state index contributed by atoms with van der Waals surface area (Å²) in [6, 6.07) is 12.2. The number of carbonyl (C=O) groups excluding carboxylic acids is 3. The second-order valence-electron chi connectivity index (χ2n) is 8.88. The number of esters is 1. The third kappa shape index (κ3) is 7.08. The highest BCUT2D eigenvalue weighted by Crippen LogP contribution is 2.31. The Kier molecular flexibility index (Phi) is 9.67. The van der Waals surface area contributed by atoms with Crippen molar-refractivity contribution in [2.24, 2.45) is 0 Å². The van der Waals surface area contributed by atoms with Crippen LogP contribution in [0.4, 0.5) is 0 Å². The molecular formula is C28H30N4O4S2. The van der Waals surface area contributed by atoms with Crippen molar-refractivity contribution in [1.29, 1.82) is 0 Å². The van der Waals surface area contributed by atoms with E-state index >= 15 is 0 Å². The van der Waals surface area contributed by atoms with Crippen LogP contribution in [0.2, 0.25) is 0 Å². The first-order valence-corrected chi connectivity index (χ1v) is 14.3. The van der Waals surface area contributed by atoms with Crippen LogP contribution in [0.25, 0.3) is 0 Å². The van der Waals surface area contributed by atoms with Crippen LogP contribution in [-0.2, 0) is 16.1 Å². The number of thiazole rings is 1. The maximum atomic E-state index is 13.1. The zero-order valence-electron chi connectivity index (χ0n) is 21.2. The first-order chi connectivity index (χ1) is 18.5. The lowest BCUT2D eigenvalue weighted by molar-refractivity contribution is -0.146. The number of piperidine rings is 1. The number of hydrogen-bond acceptors (Lipinski definition) is 8. The van der Waals surface area contributed by atoms with E-state index in [1.54, 1.807) is 30.6 Å². The number of amides is 2. The van der Waals surface area contributed by atoms with Gasteiger partial charge in [-0.1, -0.05) is 36.4 Å². The van der Waals surface area contributed by atoms with Crippen LogP contribution in [0.3, 0.4) is 0 Å². The standard InChI is InChI=1S/C28H30N4O4S2/c1-3-16-37-26-22(10-7-13-29-26)27(34)32-14-11-21(12-15-32)25-31-23(18-38-25)24(33)30-19(2)28(35)36-17-20-8-5-4-6-9-20/h3-10,13,18-19,21H,1,11-12,14-17H2,2H3,(H,30,33). The average Bonchev–Trinajstić information content (AvgIpc) is 3.46. The Morgan fingerprint density at radius 2 is 1.97 bits per heavy atom. The smallest absolute Gasteiger partial charge is 0.328 e. The summed E-state index contributed by atoms with van der Waals surface area (Å²) in [6.07, 6.45) is 5.01. The number of ether oxygens (including phenoxy) is 1. The SMILES string of the molecule is C=CCSc1ncccc1C(=O)N1CCC(c2nc(C(=O)NC(C)C(=O)OCc3ccccc3)cs2)CC1. The molecule has 1 aromatic carbocycles. The summed E-state index contributed by atoms with van der Waals surface area (Å²) in [5.41, 5.74) is 1.77. The van der Waals surface area contributed by atoms with Gasteiger partial charge in [0.05, 0.1) is 10.6 Å². The number of carbonyl (C=O) groups is 3. The van der Waals surface area contributed by atoms with Crippen molar-refractivity contribution < 1.29 is 19.1 Å². The number of benzene rings is 1. The minimum Gasteiger partial charge on any atom is -0.459 e. The molecule has 0 radical (unpaired) electrons. The minimum atomic E-state index is -0.798. The van der Waals surface area contributed by atoms with E-state index in [0.29, 0.717) is 29.4 Å². The highest BCUT2D eigenvalue weighted by Gasteiger charge is 2.28. The lowest BCUT2D eigenvalue weighted by Crippen LogP contribution is -2.39. The van der Waals surface area contributed by atoms with Gasteiger partial charge in [-0.2, -0.15) is 0 Å². The molecule has 1 saturated heterocycles. The second-order valence-corrected chi connectivity index (χ2v) is 10.8. The predicted octanol–water partition coefficient (Wildman–Crippen LogP) is 4.70. The Bertz CT molecular complexity index is 1270. The first kappa shape index (κ1) is 27.5. The Morgan fingerprint density at radius 3 is 2.71 bits per heavy atom. The summed E-state index contributed by atoms with van der Waals surface area (Å²) in [4.78, 5) is 48.9. The van der Waals surface area contributed by atoms with Crippen LogP contribution in [-0.4, -0.2) is 57.5 Å². The van der Waals surface area contributed by atoms with Crippen LogP contribution in [0.15, 0.2) is 71.7 Å². The van der Waals surface area contributed by atoms with Gasteiger partial charge in [-0.25, -0.2) is 14.8 Å². The Labute approximate surface area is 230 Å². The molecule has 2 aromatic heterocycles. The van der Waals surface area contributed by atoms with E-state index in [2.05, 4.69) is 21.9 Å². The molecule has 3 aromatic rings. The molecule has 1 N–H and O–H groups in total. The van der Waals surface area contributed by atoms with Crippen LogP contribution >= 0.6 is 23.1 Å². The van der Waals surface area contributed by atoms with E-state index in [4.69, 9.17) is 4.74 Å². The monoisotopic (exact) mass is 550 g/mol. The van der Waals surface area contributed by atoms with E-state index in [9.17, 15) is 14.4 Å². The molecule has 3 heterocycles. The summed E-state index contributed by atoms with van der Waals surface area (Å²) >= 11 is 2.93. The molecule has 10 heteroatoms. The quantitative estimate of drug-likeness (QED) is 0.222. The molecule has 2 amide bonds. The van der Waals surface area contributed by atoms with E-state index in [-0.39, 0.29) is 24.1 Å². The summed E-state index contributed by atoms with van der Waals surface area (Å²) in [5, 5.41) is 5.97. The number of nitrogens with zero attached hydrogens (tertiary/aromatic N) is 3. The van der Waals surface area contributed by atoms with E-state index < -0.39 is 17.9 Å². The fourth-order valence-electron chi connectivity index (χ4n) is 4.07. The molecule has 1 atom stereocenters. The third-order valence-electron chi connectivity index (χ3n) is 6.15. The molecule has 0 spiro atoms. The first-order valence-electron chi connectivity index (χ1n) is 12.4. The van der Waals surface area contributed by atoms with Crippen molar-refractivity contribution in [2.75, 3.05) is 18.8 Å². The lowest BCUT2D eigenvalue weighted by Gasteiger charge is -2.31. The third-order valence-corrected chi connectivity index (χ3v) is 8.16. The van der Waals surface area contributed by atoms with Gasteiger partial charge in [0.2, 0.25) is 0 Å². The van der Waals surface area contributed by atoms with Crippen LogP contribution in [0.1, 0.15) is 57.1 Å². The predicted molar refractivity (Wildman–Crippen MR) is 148 cm³/mol. The maximum absolute atomic E-state index is 13.1. The number of pyridine rings is 1. The molecule has 0 bridgehead atoms. The second kappa shape index (κ2) is 13.3. The normalized spacial score (nSPS) is 14.5. The molecular weight excluding hydrogens is 520 g/mol. The van der Waals surface area contributed by atoms with Gasteiger partial charge in [0.25, 0.3) is 11.8 Å². The number of thioether (sulfide) groups is 1. The molecule has 4 rings (SSSR count). The van der Waals surface area contributed by atoms with Gasteiger partial charge in [0, 0.05) is 36.3 Å². The van der Waals surface area contributed by atoms with Gasteiger partial charge in [-0.15, -0.1) is 29.7 Å². The van der Waals surface area contributed by atoms with Gasteiger partial charge in [-0.05, 0) is 37.5 Å². The van der Waals surface area contributed by atoms with Crippen molar-refractivity contribution in [2.45, 2.75) is 43.4 Å². The zero-order chi connectivity index (χ0) is 26.9. The van der Waals surface area contributed by atoms with Gasteiger partial charge >= 0.3 is 5.97 Å². The number of likely N-dealkylation sites (tertiary alicyclic amines) is 1. The number of aromatic nitrogens is 2. The molecule has 1 unspecified atom stereocenters. The largest absolute Gasteiger partial charge is 0.459 e. The molecule has 0 aliphatic carbocycles. The van der Waals surface area contributed by atoms with Crippen LogP contribution in [0, 0.1) is 0 Å². The zero-order valence-corrected chi connectivity index (χ0v) is 22.8. The fraction of sp³-hybridized carbons (Fsp3) is 0.321. The fourth-order valence-corrected chi connectivity index (χ4v) is 5.76. The maximum Gasteiger partial charge on any atom is 0.328 e. The van der Waals surface area contributed by atoms with Crippen molar-refractivity contribution in [3.63, 3.8) is 0 Å². The van der Waals surface area contributed by atoms with Gasteiger partial charge in [-0.3, -0.25) is 9.59 Å². The van der Waals surface area contributed by atoms with Gasteiger partial charge in [0.1, 0.15) is 23.4 Å². The Morgan fingerprint density at radius 1 is 1.21 bits per heavy atom. The molecule has 0 saturated carbocycles. The molecule has 8 nitrogen and oxygen atoms in total. The van der Waals surface area contributed by atoms with Crippen molar-refractivity contribution in [3.05, 3.63) is 88.5 Å². The molecule has 198 valence electrons. The number of nitrogens with one attached hydrogen (secondary N) is 1. The summed E-state index contributed by atoms with van der Waals surface area (Å²) < 4.78 is 5.30. The minimum absolute atomic E-state index is 0.0181. The van der Waals surface area contributed by atoms with E-state index in [0.717, 1.165) is 23.4 Å². The Balaban J connectivity index is 1.28. The summed E-state index contributed by atoms with van der Waals surface area (Å²) in [7, 11) is 0. The van der Waals surface area contributed by atoms with Crippen LogP contribution < -0.4 is 5.32 Å². The number of hydrogen-bond donors (Lipinski definition) is 1. The summed E-state index contributed by atoms with van der Waals surface area (Å²) in [5.74, 6) is -0.0786. The molecule has 38 heavy (non-hydrogen) atoms. The van der Waals surface area contributed by atoms with Crippen molar-refractivity contribution >= 4 is 40.9 Å². The average molecular weight is 551 g/mol. The molecule has 1 aliphatic heterocycles. The number of rotatable bonds is 10. The van der Waals surface area contributed by atoms with Crippen molar-refractivity contribution in [3.8, 4) is 0 Å². The topological polar surface area (TPSA) is 101 Å². The van der Waals surface area contributed by atoms with Gasteiger partial charge < -0.3 is 15.0 Å². The molecule has 1 aliphatic rings. The highest BCUT2D eigenvalue weighted by molar-refractivity contribution is 7.99. The lowest BCUT2D eigenvalue weighted by atomic mass is 9.97. The highest BCUT2D eigenvalue weighted by atomic mass is 32.2. The van der Waals surface area contributed by atoms with E-state index in [1.807, 2.05) is 41.3 Å². The molecule has 1 fully saturated rings. The Hall–Kier alpha value is -3.50. The summed E-state index contributed by atoms with van der Waals surface area (Å²) in [6.45, 7) is 6.69.